The molecule has 0 spiro atoms. The number of aromatic nitrogens is 2. The SMILES string of the molecule is Cc1ccccc1Oc1nccnc1SCC(=O)Nc1ccc(F)c(Cl)c1. The van der Waals surface area contributed by atoms with Gasteiger partial charge in [-0.05, 0) is 36.8 Å². The molecule has 0 aliphatic rings. The van der Waals surface area contributed by atoms with Gasteiger partial charge in [0.1, 0.15) is 11.6 Å². The molecule has 138 valence electrons. The number of anilines is 1. The molecule has 1 heterocycles. The third kappa shape index (κ3) is 5.18. The molecule has 8 heteroatoms. The molecule has 0 atom stereocenters. The molecule has 0 radical (unpaired) electrons. The predicted octanol–water partition coefficient (Wildman–Crippen LogP) is 5.10. The number of benzene rings is 2. The first-order chi connectivity index (χ1) is 13.0. The lowest BCUT2D eigenvalue weighted by molar-refractivity contribution is -0.113. The molecule has 0 aliphatic carbocycles. The van der Waals surface area contributed by atoms with Crippen LogP contribution >= 0.6 is 23.4 Å². The van der Waals surface area contributed by atoms with Crippen molar-refractivity contribution in [2.75, 3.05) is 11.1 Å². The van der Waals surface area contributed by atoms with E-state index in [1.54, 1.807) is 0 Å². The van der Waals surface area contributed by atoms with Gasteiger partial charge >= 0.3 is 0 Å². The molecule has 0 aliphatic heterocycles. The Bertz CT molecular complexity index is 971. The Kier molecular flexibility index (Phi) is 6.26. The summed E-state index contributed by atoms with van der Waals surface area (Å²) in [4.78, 5) is 20.6. The van der Waals surface area contributed by atoms with Gasteiger partial charge in [-0.1, -0.05) is 41.6 Å². The van der Waals surface area contributed by atoms with Gasteiger partial charge in [-0.3, -0.25) is 4.79 Å². The van der Waals surface area contributed by atoms with Crippen LogP contribution in [0.3, 0.4) is 0 Å². The fourth-order valence-corrected chi connectivity index (χ4v) is 3.04. The van der Waals surface area contributed by atoms with E-state index in [1.807, 2.05) is 31.2 Å². The van der Waals surface area contributed by atoms with Crippen LogP contribution in [0.15, 0.2) is 59.9 Å². The molecule has 1 N–H and O–H groups in total. The number of ether oxygens (including phenoxy) is 1. The lowest BCUT2D eigenvalue weighted by Crippen LogP contribution is -2.14. The van der Waals surface area contributed by atoms with Crippen molar-refractivity contribution in [3.63, 3.8) is 0 Å². The maximum Gasteiger partial charge on any atom is 0.252 e. The van der Waals surface area contributed by atoms with Crippen molar-refractivity contribution >= 4 is 35.0 Å². The molecule has 27 heavy (non-hydrogen) atoms. The Hall–Kier alpha value is -2.64. The quantitative estimate of drug-likeness (QED) is 0.580. The minimum absolute atomic E-state index is 0.0525. The maximum atomic E-state index is 13.2. The second-order valence-corrected chi connectivity index (χ2v) is 6.87. The Morgan fingerprint density at radius 3 is 2.78 bits per heavy atom. The van der Waals surface area contributed by atoms with Crippen LogP contribution in [-0.2, 0) is 4.79 Å². The van der Waals surface area contributed by atoms with E-state index in [1.165, 1.54) is 42.4 Å². The lowest BCUT2D eigenvalue weighted by atomic mass is 10.2. The normalized spacial score (nSPS) is 10.5. The van der Waals surface area contributed by atoms with Gasteiger partial charge in [0.25, 0.3) is 5.88 Å². The number of rotatable bonds is 6. The van der Waals surface area contributed by atoms with Gasteiger partial charge < -0.3 is 10.1 Å². The molecular weight excluding hydrogens is 389 g/mol. The number of halogens is 2. The molecule has 0 saturated carbocycles. The minimum atomic E-state index is -0.540. The highest BCUT2D eigenvalue weighted by Gasteiger charge is 2.13. The Labute approximate surface area is 164 Å². The van der Waals surface area contributed by atoms with Crippen molar-refractivity contribution in [3.8, 4) is 11.6 Å². The van der Waals surface area contributed by atoms with Gasteiger partial charge in [0.05, 0.1) is 10.8 Å². The number of carbonyl (C=O) groups is 1. The van der Waals surface area contributed by atoms with E-state index in [-0.39, 0.29) is 16.7 Å². The van der Waals surface area contributed by atoms with Crippen LogP contribution < -0.4 is 10.1 Å². The van der Waals surface area contributed by atoms with E-state index in [0.29, 0.717) is 22.3 Å². The summed E-state index contributed by atoms with van der Waals surface area (Å²) in [5, 5.41) is 3.10. The second kappa shape index (κ2) is 8.83. The van der Waals surface area contributed by atoms with Gasteiger partial charge in [0.15, 0.2) is 5.03 Å². The number of nitrogens with one attached hydrogen (secondary N) is 1. The maximum absolute atomic E-state index is 13.2. The average molecular weight is 404 g/mol. The fourth-order valence-electron chi connectivity index (χ4n) is 2.16. The largest absolute Gasteiger partial charge is 0.436 e. The first-order valence-corrected chi connectivity index (χ1v) is 9.31. The van der Waals surface area contributed by atoms with Crippen molar-refractivity contribution in [1.29, 1.82) is 0 Å². The molecule has 0 unspecified atom stereocenters. The van der Waals surface area contributed by atoms with Crippen LogP contribution in [0, 0.1) is 12.7 Å². The average Bonchev–Trinajstić information content (AvgIpc) is 2.66. The number of nitrogens with zero attached hydrogens (tertiary/aromatic N) is 2. The van der Waals surface area contributed by atoms with Gasteiger partial charge in [0.2, 0.25) is 5.91 Å². The monoisotopic (exact) mass is 403 g/mol. The molecule has 3 aromatic rings. The summed E-state index contributed by atoms with van der Waals surface area (Å²) < 4.78 is 19.0. The summed E-state index contributed by atoms with van der Waals surface area (Å²) in [6.45, 7) is 1.93. The summed E-state index contributed by atoms with van der Waals surface area (Å²) in [6.07, 6.45) is 3.06. The first kappa shape index (κ1) is 19.1. The summed E-state index contributed by atoms with van der Waals surface area (Å²) in [5.41, 5.74) is 1.38. The molecule has 3 rings (SSSR count). The smallest absolute Gasteiger partial charge is 0.252 e. The van der Waals surface area contributed by atoms with E-state index < -0.39 is 5.82 Å². The van der Waals surface area contributed by atoms with E-state index in [4.69, 9.17) is 16.3 Å². The van der Waals surface area contributed by atoms with Gasteiger partial charge in [-0.2, -0.15) is 0 Å². The molecule has 0 bridgehead atoms. The highest BCUT2D eigenvalue weighted by molar-refractivity contribution is 8.00. The third-order valence-corrected chi connectivity index (χ3v) is 4.73. The Balaban J connectivity index is 1.65. The summed E-state index contributed by atoms with van der Waals surface area (Å²) in [5.74, 6) is 0.258. The van der Waals surface area contributed by atoms with Crippen LogP contribution in [0.25, 0.3) is 0 Å². The Morgan fingerprint density at radius 1 is 1.22 bits per heavy atom. The first-order valence-electron chi connectivity index (χ1n) is 7.95. The van der Waals surface area contributed by atoms with E-state index in [0.717, 1.165) is 5.56 Å². The van der Waals surface area contributed by atoms with E-state index >= 15 is 0 Å². The number of aryl methyl sites for hydroxylation is 1. The van der Waals surface area contributed by atoms with E-state index in [2.05, 4.69) is 15.3 Å². The molecular formula is C19H15ClFN3O2S. The third-order valence-electron chi connectivity index (χ3n) is 3.48. The van der Waals surface area contributed by atoms with Gasteiger partial charge in [-0.15, -0.1) is 0 Å². The second-order valence-electron chi connectivity index (χ2n) is 5.50. The lowest BCUT2D eigenvalue weighted by Gasteiger charge is -2.10. The topological polar surface area (TPSA) is 64.1 Å². The zero-order valence-electron chi connectivity index (χ0n) is 14.3. The number of para-hydroxylation sites is 1. The number of hydrogen-bond donors (Lipinski definition) is 1. The van der Waals surface area contributed by atoms with Gasteiger partial charge in [-0.25, -0.2) is 14.4 Å². The molecule has 0 saturated heterocycles. The van der Waals surface area contributed by atoms with E-state index in [9.17, 15) is 9.18 Å². The predicted molar refractivity (Wildman–Crippen MR) is 104 cm³/mol. The van der Waals surface area contributed by atoms with Crippen molar-refractivity contribution in [3.05, 3.63) is 71.3 Å². The fraction of sp³-hybridized carbons (Fsp3) is 0.105. The molecule has 1 aromatic heterocycles. The highest BCUT2D eigenvalue weighted by atomic mass is 35.5. The summed E-state index contributed by atoms with van der Waals surface area (Å²) in [7, 11) is 0. The zero-order valence-corrected chi connectivity index (χ0v) is 15.9. The Morgan fingerprint density at radius 2 is 2.00 bits per heavy atom. The molecule has 5 nitrogen and oxygen atoms in total. The molecule has 2 aromatic carbocycles. The number of carbonyl (C=O) groups excluding carboxylic acids is 1. The van der Waals surface area contributed by atoms with Crippen molar-refractivity contribution in [2.45, 2.75) is 11.9 Å². The highest BCUT2D eigenvalue weighted by Crippen LogP contribution is 2.30. The van der Waals surface area contributed by atoms with Crippen LogP contribution in [0.5, 0.6) is 11.6 Å². The van der Waals surface area contributed by atoms with Gasteiger partial charge in [0, 0.05) is 18.1 Å². The summed E-state index contributed by atoms with van der Waals surface area (Å²) in [6, 6.07) is 11.5. The van der Waals surface area contributed by atoms with Crippen LogP contribution in [0.4, 0.5) is 10.1 Å². The summed E-state index contributed by atoms with van der Waals surface area (Å²) >= 11 is 6.90. The molecule has 0 fully saturated rings. The van der Waals surface area contributed by atoms with Crippen molar-refractivity contribution < 1.29 is 13.9 Å². The van der Waals surface area contributed by atoms with Crippen molar-refractivity contribution in [1.82, 2.24) is 9.97 Å². The number of amides is 1. The van der Waals surface area contributed by atoms with Crippen molar-refractivity contribution in [2.24, 2.45) is 0 Å². The number of hydrogen-bond acceptors (Lipinski definition) is 5. The zero-order chi connectivity index (χ0) is 19.2. The van der Waals surface area contributed by atoms with Crippen LogP contribution in [0.1, 0.15) is 5.56 Å². The van der Waals surface area contributed by atoms with Crippen LogP contribution in [-0.4, -0.2) is 21.6 Å². The minimum Gasteiger partial charge on any atom is -0.436 e. The number of thioether (sulfide) groups is 1. The standard InChI is InChI=1S/C19H15ClFN3O2S/c1-12-4-2-3-5-16(12)26-18-19(23-9-8-22-18)27-11-17(25)24-13-6-7-15(21)14(20)10-13/h2-10H,11H2,1H3,(H,24,25). The van der Waals surface area contributed by atoms with Crippen LogP contribution in [0.2, 0.25) is 5.02 Å². The molecule has 1 amide bonds.